The molecule has 2 saturated heterocycles. The van der Waals surface area contributed by atoms with E-state index in [9.17, 15) is 9.18 Å². The maximum Gasteiger partial charge on any atom is 0.219 e. The fraction of sp³-hybridized carbons (Fsp3) is 0.500. The number of benzene rings is 1. The van der Waals surface area contributed by atoms with Gasteiger partial charge >= 0.3 is 0 Å². The molecule has 0 aliphatic carbocycles. The molecule has 0 N–H and O–H groups in total. The van der Waals surface area contributed by atoms with E-state index in [1.165, 1.54) is 10.9 Å². The van der Waals surface area contributed by atoms with Crippen molar-refractivity contribution in [2.75, 3.05) is 19.6 Å². The molecule has 3 heterocycles. The Morgan fingerprint density at radius 2 is 2.12 bits per heavy atom. The second-order valence-corrected chi connectivity index (χ2v) is 8.83. The molecule has 1 aromatic heterocycles. The van der Waals surface area contributed by atoms with Gasteiger partial charge in [0.1, 0.15) is 10.8 Å². The number of fused-ring (bicyclic) bond motifs is 1. The van der Waals surface area contributed by atoms with E-state index in [0.717, 1.165) is 42.4 Å². The molecular formula is C20H24FN3OS. The first kappa shape index (κ1) is 17.6. The summed E-state index contributed by atoms with van der Waals surface area (Å²) in [7, 11) is 0. The van der Waals surface area contributed by atoms with Gasteiger partial charge in [0, 0.05) is 37.4 Å². The molecule has 4 rings (SSSR count). The van der Waals surface area contributed by atoms with Crippen molar-refractivity contribution in [1.82, 2.24) is 14.8 Å². The van der Waals surface area contributed by atoms with Crippen LogP contribution in [0.15, 0.2) is 24.3 Å². The number of amides is 1. The normalized spacial score (nSPS) is 25.7. The molecule has 0 radical (unpaired) electrons. The minimum atomic E-state index is -0.238. The Morgan fingerprint density at radius 3 is 2.77 bits per heavy atom. The lowest BCUT2D eigenvalue weighted by Gasteiger charge is -2.29. The van der Waals surface area contributed by atoms with Gasteiger partial charge in [-0.2, -0.15) is 0 Å². The Hall–Kier alpha value is -1.79. The predicted molar refractivity (Wildman–Crippen MR) is 100 cm³/mol. The van der Waals surface area contributed by atoms with E-state index in [-0.39, 0.29) is 17.8 Å². The minimum Gasteiger partial charge on any atom is -0.335 e. The first-order valence-corrected chi connectivity index (χ1v) is 9.92. The molecule has 3 atom stereocenters. The Morgan fingerprint density at radius 1 is 1.31 bits per heavy atom. The van der Waals surface area contributed by atoms with Gasteiger partial charge in [-0.3, -0.25) is 9.69 Å². The lowest BCUT2D eigenvalue weighted by atomic mass is 9.89. The van der Waals surface area contributed by atoms with E-state index in [1.807, 2.05) is 11.0 Å². The van der Waals surface area contributed by atoms with Crippen LogP contribution in [0.1, 0.15) is 34.1 Å². The van der Waals surface area contributed by atoms with Crippen molar-refractivity contribution in [3.05, 3.63) is 51.2 Å². The number of aryl methyl sites for hydroxylation is 2. The van der Waals surface area contributed by atoms with Crippen LogP contribution in [0, 0.1) is 31.5 Å². The third-order valence-corrected chi connectivity index (χ3v) is 6.82. The molecule has 0 unspecified atom stereocenters. The number of hydrogen-bond acceptors (Lipinski definition) is 4. The fourth-order valence-corrected chi connectivity index (χ4v) is 5.48. The summed E-state index contributed by atoms with van der Waals surface area (Å²) in [6, 6.07) is 6.70. The van der Waals surface area contributed by atoms with Crippen LogP contribution in [-0.4, -0.2) is 40.3 Å². The van der Waals surface area contributed by atoms with Gasteiger partial charge in [0.15, 0.2) is 0 Å². The highest BCUT2D eigenvalue weighted by atomic mass is 32.1. The van der Waals surface area contributed by atoms with Crippen LogP contribution >= 0.6 is 11.3 Å². The Kier molecular flexibility index (Phi) is 4.57. The largest absolute Gasteiger partial charge is 0.335 e. The minimum absolute atomic E-state index is 0.0297. The van der Waals surface area contributed by atoms with Crippen LogP contribution in [0.2, 0.25) is 0 Å². The molecule has 0 bridgehead atoms. The quantitative estimate of drug-likeness (QED) is 0.826. The summed E-state index contributed by atoms with van der Waals surface area (Å²) in [5, 5.41) is 1.16. The molecule has 1 amide bonds. The molecule has 2 aliphatic heterocycles. The van der Waals surface area contributed by atoms with E-state index in [1.54, 1.807) is 30.4 Å². The number of halogens is 1. The smallest absolute Gasteiger partial charge is 0.219 e. The molecular weight excluding hydrogens is 349 g/mol. The Bertz CT molecular complexity index is 817. The molecule has 0 saturated carbocycles. The highest BCUT2D eigenvalue weighted by Gasteiger charge is 2.48. The summed E-state index contributed by atoms with van der Waals surface area (Å²) >= 11 is 1.77. The van der Waals surface area contributed by atoms with Crippen molar-refractivity contribution in [3.8, 4) is 0 Å². The highest BCUT2D eigenvalue weighted by Crippen LogP contribution is 2.45. The van der Waals surface area contributed by atoms with Gasteiger partial charge < -0.3 is 4.90 Å². The summed E-state index contributed by atoms with van der Waals surface area (Å²) in [6.07, 6.45) is 0. The molecule has 26 heavy (non-hydrogen) atoms. The summed E-state index contributed by atoms with van der Waals surface area (Å²) in [6.45, 7) is 9.30. The highest BCUT2D eigenvalue weighted by molar-refractivity contribution is 7.11. The van der Waals surface area contributed by atoms with Gasteiger partial charge in [0.05, 0.1) is 18.3 Å². The zero-order valence-electron chi connectivity index (χ0n) is 15.4. The van der Waals surface area contributed by atoms with Crippen molar-refractivity contribution in [1.29, 1.82) is 0 Å². The number of hydrogen-bond donors (Lipinski definition) is 0. The standard InChI is InChI=1S/C20H24FN3OS/c1-12-13(2)26-19(22-12)11-23-8-16-9-24(14(3)25)20(18(16)10-23)15-5-4-6-17(21)7-15/h4-7,16,18,20H,8-11H2,1-3H3/t16-,18-,20-/m1/s1. The molecule has 138 valence electrons. The molecule has 6 heteroatoms. The lowest BCUT2D eigenvalue weighted by molar-refractivity contribution is -0.130. The Balaban J connectivity index is 1.55. The molecule has 4 nitrogen and oxygen atoms in total. The van der Waals surface area contributed by atoms with Gasteiger partial charge in [0.2, 0.25) is 5.91 Å². The number of nitrogens with zero attached hydrogens (tertiary/aromatic N) is 3. The van der Waals surface area contributed by atoms with Gasteiger partial charge in [-0.15, -0.1) is 11.3 Å². The van der Waals surface area contributed by atoms with Crippen LogP contribution < -0.4 is 0 Å². The number of carbonyl (C=O) groups excluding carboxylic acids is 1. The Labute approximate surface area is 157 Å². The zero-order chi connectivity index (χ0) is 18.4. The first-order chi connectivity index (χ1) is 12.4. The lowest BCUT2D eigenvalue weighted by Crippen LogP contribution is -2.34. The van der Waals surface area contributed by atoms with Crippen LogP contribution in [-0.2, 0) is 11.3 Å². The van der Waals surface area contributed by atoms with Crippen molar-refractivity contribution < 1.29 is 9.18 Å². The van der Waals surface area contributed by atoms with E-state index in [4.69, 9.17) is 0 Å². The van der Waals surface area contributed by atoms with Crippen molar-refractivity contribution in [2.45, 2.75) is 33.4 Å². The summed E-state index contributed by atoms with van der Waals surface area (Å²) in [5.74, 6) is 0.626. The molecule has 2 aromatic rings. The maximum atomic E-state index is 13.8. The molecule has 0 spiro atoms. The van der Waals surface area contributed by atoms with E-state index in [2.05, 4.69) is 23.7 Å². The van der Waals surface area contributed by atoms with E-state index >= 15 is 0 Å². The molecule has 2 fully saturated rings. The van der Waals surface area contributed by atoms with Crippen molar-refractivity contribution in [2.24, 2.45) is 11.8 Å². The zero-order valence-corrected chi connectivity index (χ0v) is 16.2. The van der Waals surface area contributed by atoms with Gasteiger partial charge in [-0.1, -0.05) is 12.1 Å². The average molecular weight is 373 g/mol. The van der Waals surface area contributed by atoms with Gasteiger partial charge in [0.25, 0.3) is 0 Å². The third-order valence-electron chi connectivity index (χ3n) is 5.77. The summed E-state index contributed by atoms with van der Waals surface area (Å²) in [4.78, 5) is 22.5. The average Bonchev–Trinajstić information content (AvgIpc) is 3.20. The van der Waals surface area contributed by atoms with Gasteiger partial charge in [-0.25, -0.2) is 9.37 Å². The monoisotopic (exact) mass is 373 g/mol. The second kappa shape index (κ2) is 6.74. The third kappa shape index (κ3) is 3.16. The van der Waals surface area contributed by atoms with Crippen LogP contribution in [0.25, 0.3) is 0 Å². The molecule has 1 aromatic carbocycles. The first-order valence-electron chi connectivity index (χ1n) is 9.10. The maximum absolute atomic E-state index is 13.8. The van der Waals surface area contributed by atoms with E-state index in [0.29, 0.717) is 11.8 Å². The summed E-state index contributed by atoms with van der Waals surface area (Å²) < 4.78 is 13.8. The number of thiazole rings is 1. The number of rotatable bonds is 3. The number of aromatic nitrogens is 1. The topological polar surface area (TPSA) is 36.4 Å². The van der Waals surface area contributed by atoms with Crippen LogP contribution in [0.5, 0.6) is 0 Å². The van der Waals surface area contributed by atoms with Crippen LogP contribution in [0.4, 0.5) is 4.39 Å². The fourth-order valence-electron chi connectivity index (χ4n) is 4.51. The van der Waals surface area contributed by atoms with Crippen LogP contribution in [0.3, 0.4) is 0 Å². The SMILES string of the molecule is CC(=O)N1C[C@H]2CN(Cc3nc(C)c(C)s3)C[C@H]2[C@H]1c1cccc(F)c1. The van der Waals surface area contributed by atoms with Crippen molar-refractivity contribution >= 4 is 17.2 Å². The summed E-state index contributed by atoms with van der Waals surface area (Å²) in [5.41, 5.74) is 2.03. The predicted octanol–water partition coefficient (Wildman–Crippen LogP) is 3.55. The second-order valence-electron chi connectivity index (χ2n) is 7.54. The van der Waals surface area contributed by atoms with E-state index < -0.39 is 0 Å². The van der Waals surface area contributed by atoms with Gasteiger partial charge in [-0.05, 0) is 37.5 Å². The number of carbonyl (C=O) groups is 1. The number of likely N-dealkylation sites (tertiary alicyclic amines) is 2. The van der Waals surface area contributed by atoms with Crippen molar-refractivity contribution in [3.63, 3.8) is 0 Å². The molecule has 2 aliphatic rings.